The molecule has 0 aromatic heterocycles. The van der Waals surface area contributed by atoms with E-state index in [1.807, 2.05) is 19.1 Å². The van der Waals surface area contributed by atoms with Gasteiger partial charge in [-0.15, -0.1) is 0 Å². The second kappa shape index (κ2) is 12.3. The van der Waals surface area contributed by atoms with Crippen molar-refractivity contribution in [3.8, 4) is 11.5 Å². The number of nitrogens with one attached hydrogen (secondary N) is 3. The summed E-state index contributed by atoms with van der Waals surface area (Å²) in [7, 11) is 1.40. The van der Waals surface area contributed by atoms with Crippen LogP contribution in [0.5, 0.6) is 11.5 Å². The number of hydrogen-bond donors (Lipinski definition) is 3. The highest BCUT2D eigenvalue weighted by Crippen LogP contribution is 2.36. The second-order valence-electron chi connectivity index (χ2n) is 7.40. The Morgan fingerprint density at radius 1 is 0.972 bits per heavy atom. The second-order valence-corrected chi connectivity index (χ2v) is 7.80. The van der Waals surface area contributed by atoms with E-state index in [0.29, 0.717) is 11.3 Å². The Morgan fingerprint density at radius 2 is 1.61 bits per heavy atom. The van der Waals surface area contributed by atoms with Crippen LogP contribution in [-0.4, -0.2) is 37.7 Å². The van der Waals surface area contributed by atoms with Gasteiger partial charge in [0.1, 0.15) is 5.82 Å². The minimum absolute atomic E-state index is 0.138. The van der Waals surface area contributed by atoms with Crippen molar-refractivity contribution in [1.29, 1.82) is 0 Å². The fourth-order valence-electron chi connectivity index (χ4n) is 2.86. The molecule has 0 unspecified atom stereocenters. The lowest BCUT2D eigenvalue weighted by Crippen LogP contribution is -2.32. The van der Waals surface area contributed by atoms with Gasteiger partial charge in [0, 0.05) is 11.4 Å². The average molecular weight is 513 g/mol. The third kappa shape index (κ3) is 7.54. The van der Waals surface area contributed by atoms with Crippen LogP contribution in [0.1, 0.15) is 11.1 Å². The van der Waals surface area contributed by atoms with Crippen LogP contribution in [0.4, 0.5) is 15.8 Å². The van der Waals surface area contributed by atoms with Gasteiger partial charge in [-0.2, -0.15) is 5.10 Å². The maximum Gasteiger partial charge on any atom is 0.329 e. The summed E-state index contributed by atoms with van der Waals surface area (Å²) in [4.78, 5) is 36.0. The highest BCUT2D eigenvalue weighted by atomic mass is 35.5. The number of anilines is 2. The molecule has 3 N–H and O–H groups in total. The van der Waals surface area contributed by atoms with E-state index >= 15 is 0 Å². The lowest BCUT2D eigenvalue weighted by atomic mass is 10.2. The number of halogens is 2. The highest BCUT2D eigenvalue weighted by Gasteiger charge is 2.15. The molecule has 3 rings (SSSR count). The molecular formula is C25H22ClFN4O5. The Labute approximate surface area is 211 Å². The number of nitrogens with zero attached hydrogens (tertiary/aromatic N) is 1. The predicted octanol–water partition coefficient (Wildman–Crippen LogP) is 3.90. The fourth-order valence-corrected chi connectivity index (χ4v) is 3.14. The van der Waals surface area contributed by atoms with Crippen molar-refractivity contribution in [3.63, 3.8) is 0 Å². The smallest absolute Gasteiger partial charge is 0.329 e. The van der Waals surface area contributed by atoms with Crippen LogP contribution in [0.15, 0.2) is 65.8 Å². The maximum absolute atomic E-state index is 12.9. The van der Waals surface area contributed by atoms with E-state index in [4.69, 9.17) is 21.1 Å². The number of hydrogen-bond acceptors (Lipinski definition) is 6. The molecule has 0 saturated heterocycles. The highest BCUT2D eigenvalue weighted by molar-refractivity contribution is 6.39. The third-order valence-corrected chi connectivity index (χ3v) is 4.90. The zero-order valence-electron chi connectivity index (χ0n) is 19.3. The molecule has 0 atom stereocenters. The number of carbonyl (C=O) groups excluding carboxylic acids is 3. The van der Waals surface area contributed by atoms with Crippen molar-refractivity contribution in [1.82, 2.24) is 5.43 Å². The van der Waals surface area contributed by atoms with Crippen molar-refractivity contribution < 1.29 is 28.2 Å². The summed E-state index contributed by atoms with van der Waals surface area (Å²) < 4.78 is 23.8. The first-order valence-corrected chi connectivity index (χ1v) is 10.9. The Morgan fingerprint density at radius 3 is 2.28 bits per heavy atom. The van der Waals surface area contributed by atoms with E-state index in [0.717, 1.165) is 17.7 Å². The predicted molar refractivity (Wildman–Crippen MR) is 134 cm³/mol. The average Bonchev–Trinajstić information content (AvgIpc) is 2.85. The van der Waals surface area contributed by atoms with Gasteiger partial charge in [-0.05, 0) is 61.0 Å². The van der Waals surface area contributed by atoms with Gasteiger partial charge in [0.05, 0.1) is 18.3 Å². The molecule has 0 radical (unpaired) electrons. The van der Waals surface area contributed by atoms with Gasteiger partial charge < -0.3 is 20.1 Å². The minimum Gasteiger partial charge on any atom is -0.493 e. The van der Waals surface area contributed by atoms with Crippen LogP contribution in [-0.2, 0) is 14.4 Å². The van der Waals surface area contributed by atoms with Gasteiger partial charge in [0.25, 0.3) is 5.91 Å². The molecule has 0 saturated carbocycles. The first-order chi connectivity index (χ1) is 17.2. The van der Waals surface area contributed by atoms with Crippen molar-refractivity contribution in [2.75, 3.05) is 24.4 Å². The summed E-state index contributed by atoms with van der Waals surface area (Å²) in [5.74, 6) is -2.50. The summed E-state index contributed by atoms with van der Waals surface area (Å²) in [6.45, 7) is 1.63. The molecule has 0 aliphatic carbocycles. The molecular weight excluding hydrogens is 491 g/mol. The number of rotatable bonds is 8. The normalized spacial score (nSPS) is 10.6. The van der Waals surface area contributed by atoms with Crippen molar-refractivity contribution in [2.24, 2.45) is 5.10 Å². The third-order valence-electron chi connectivity index (χ3n) is 4.62. The lowest BCUT2D eigenvalue weighted by Gasteiger charge is -2.13. The molecule has 0 fully saturated rings. The Balaban J connectivity index is 1.57. The molecule has 0 aliphatic rings. The Kier molecular flexibility index (Phi) is 8.95. The van der Waals surface area contributed by atoms with Crippen LogP contribution >= 0.6 is 11.6 Å². The van der Waals surface area contributed by atoms with Gasteiger partial charge in [0.2, 0.25) is 0 Å². The number of methoxy groups -OCH3 is 1. The van der Waals surface area contributed by atoms with E-state index in [1.165, 1.54) is 37.6 Å². The summed E-state index contributed by atoms with van der Waals surface area (Å²) in [5, 5.41) is 8.89. The molecule has 3 aromatic rings. The zero-order chi connectivity index (χ0) is 26.1. The fraction of sp³-hybridized carbons (Fsp3) is 0.120. The van der Waals surface area contributed by atoms with Gasteiger partial charge in [-0.25, -0.2) is 9.82 Å². The first-order valence-electron chi connectivity index (χ1n) is 10.5. The van der Waals surface area contributed by atoms with E-state index in [-0.39, 0.29) is 34.7 Å². The summed E-state index contributed by atoms with van der Waals surface area (Å²) >= 11 is 6.29. The van der Waals surface area contributed by atoms with Gasteiger partial charge in [0.15, 0.2) is 18.1 Å². The monoisotopic (exact) mass is 512 g/mol. The lowest BCUT2D eigenvalue weighted by molar-refractivity contribution is -0.136. The topological polar surface area (TPSA) is 118 Å². The quantitative estimate of drug-likeness (QED) is 0.240. The number of carbonyl (C=O) groups is 3. The van der Waals surface area contributed by atoms with Gasteiger partial charge in [-0.3, -0.25) is 14.4 Å². The number of benzene rings is 3. The molecule has 0 bridgehead atoms. The molecule has 186 valence electrons. The van der Waals surface area contributed by atoms with Crippen LogP contribution in [0, 0.1) is 12.7 Å². The summed E-state index contributed by atoms with van der Waals surface area (Å²) in [5.41, 5.74) is 4.45. The molecule has 3 aromatic carbocycles. The van der Waals surface area contributed by atoms with Crippen molar-refractivity contribution in [2.45, 2.75) is 6.92 Å². The SMILES string of the molecule is COc1cc(/C=N\NC(=O)C(=O)Nc2ccc(F)cc2)cc(Cl)c1OCC(=O)Nc1ccc(C)cc1. The Hall–Kier alpha value is -4.44. The number of hydrazone groups is 1. The molecule has 3 amide bonds. The summed E-state index contributed by atoms with van der Waals surface area (Å²) in [6, 6.07) is 15.2. The number of amides is 3. The number of ether oxygens (including phenoxy) is 2. The first kappa shape index (κ1) is 26.2. The van der Waals surface area contributed by atoms with E-state index in [1.54, 1.807) is 12.1 Å². The van der Waals surface area contributed by atoms with E-state index in [2.05, 4.69) is 21.2 Å². The molecule has 36 heavy (non-hydrogen) atoms. The zero-order valence-corrected chi connectivity index (χ0v) is 20.1. The van der Waals surface area contributed by atoms with E-state index < -0.39 is 17.6 Å². The molecule has 9 nitrogen and oxygen atoms in total. The number of aryl methyl sites for hydroxylation is 1. The van der Waals surface area contributed by atoms with Crippen LogP contribution < -0.4 is 25.5 Å². The van der Waals surface area contributed by atoms with Crippen LogP contribution in [0.2, 0.25) is 5.02 Å². The standard InChI is InChI=1S/C25H22ClFN4O5/c1-15-3-7-18(8-4-15)29-22(32)14-36-23-20(26)11-16(12-21(23)35-2)13-28-31-25(34)24(33)30-19-9-5-17(27)6-10-19/h3-13H,14H2,1-2H3,(H,29,32)(H,30,33)(H,31,34)/b28-13-. The molecule has 0 aliphatic heterocycles. The molecule has 0 heterocycles. The molecule has 0 spiro atoms. The van der Waals surface area contributed by atoms with Gasteiger partial charge in [-0.1, -0.05) is 29.3 Å². The maximum atomic E-state index is 12.9. The summed E-state index contributed by atoms with van der Waals surface area (Å²) in [6.07, 6.45) is 1.24. The van der Waals surface area contributed by atoms with Gasteiger partial charge >= 0.3 is 11.8 Å². The molecule has 11 heteroatoms. The van der Waals surface area contributed by atoms with Crippen molar-refractivity contribution in [3.05, 3.63) is 82.6 Å². The van der Waals surface area contributed by atoms with E-state index in [9.17, 15) is 18.8 Å². The Bertz CT molecular complexity index is 1280. The largest absolute Gasteiger partial charge is 0.493 e. The van der Waals surface area contributed by atoms with Crippen LogP contribution in [0.3, 0.4) is 0 Å². The van der Waals surface area contributed by atoms with Crippen LogP contribution in [0.25, 0.3) is 0 Å². The van der Waals surface area contributed by atoms with Crippen molar-refractivity contribution >= 4 is 46.9 Å². The minimum atomic E-state index is -1.03.